The fraction of sp³-hybridized carbons (Fsp3) is 0.619. The largest absolute Gasteiger partial charge is 0.493 e. The quantitative estimate of drug-likeness (QED) is 0.542. The molecule has 1 atom stereocenters. The van der Waals surface area contributed by atoms with Gasteiger partial charge in [0.2, 0.25) is 5.91 Å². The van der Waals surface area contributed by atoms with Gasteiger partial charge in [0.15, 0.2) is 5.96 Å². The van der Waals surface area contributed by atoms with Gasteiger partial charge in [0.1, 0.15) is 5.75 Å². The predicted octanol–water partition coefficient (Wildman–Crippen LogP) is 2.79. The van der Waals surface area contributed by atoms with Crippen LogP contribution in [0, 0.1) is 5.92 Å². The number of hydrogen-bond donors (Lipinski definition) is 2. The first-order valence-corrected chi connectivity index (χ1v) is 9.99. The van der Waals surface area contributed by atoms with Crippen LogP contribution in [0.1, 0.15) is 45.6 Å². The predicted molar refractivity (Wildman–Crippen MR) is 110 cm³/mol. The molecule has 27 heavy (non-hydrogen) atoms. The molecule has 1 aliphatic heterocycles. The van der Waals surface area contributed by atoms with E-state index in [1.54, 1.807) is 7.05 Å². The van der Waals surface area contributed by atoms with Gasteiger partial charge in [0.25, 0.3) is 0 Å². The van der Waals surface area contributed by atoms with Crippen LogP contribution < -0.4 is 15.4 Å². The second kappa shape index (κ2) is 10.8. The van der Waals surface area contributed by atoms with E-state index in [9.17, 15) is 4.79 Å². The minimum atomic E-state index is 0.217. The highest BCUT2D eigenvalue weighted by molar-refractivity contribution is 5.80. The van der Waals surface area contributed by atoms with Crippen LogP contribution in [0.2, 0.25) is 0 Å². The number of amides is 1. The first-order chi connectivity index (χ1) is 13.0. The molecule has 1 saturated heterocycles. The summed E-state index contributed by atoms with van der Waals surface area (Å²) in [4.78, 5) is 18.1. The summed E-state index contributed by atoms with van der Waals surface area (Å²) in [6.45, 7) is 9.22. The van der Waals surface area contributed by atoms with Crippen molar-refractivity contribution in [3.63, 3.8) is 0 Å². The summed E-state index contributed by atoms with van der Waals surface area (Å²) in [5, 5.41) is 6.79. The number of rotatable bonds is 8. The van der Waals surface area contributed by atoms with Crippen molar-refractivity contribution >= 4 is 11.9 Å². The Morgan fingerprint density at radius 1 is 1.37 bits per heavy atom. The number of carbonyl (C=O) groups is 1. The maximum atomic E-state index is 11.8. The van der Waals surface area contributed by atoms with E-state index in [2.05, 4.69) is 35.5 Å². The highest BCUT2D eigenvalue weighted by Gasteiger charge is 2.25. The van der Waals surface area contributed by atoms with Crippen molar-refractivity contribution in [1.82, 2.24) is 15.5 Å². The van der Waals surface area contributed by atoms with Gasteiger partial charge in [0.05, 0.1) is 6.61 Å². The molecule has 0 radical (unpaired) electrons. The van der Waals surface area contributed by atoms with Gasteiger partial charge in [-0.1, -0.05) is 39.0 Å². The van der Waals surface area contributed by atoms with E-state index in [1.807, 2.05) is 30.0 Å². The zero-order chi connectivity index (χ0) is 19.6. The lowest BCUT2D eigenvalue weighted by Gasteiger charge is -2.19. The van der Waals surface area contributed by atoms with Gasteiger partial charge in [0, 0.05) is 44.7 Å². The molecule has 1 aromatic rings. The van der Waals surface area contributed by atoms with Crippen molar-refractivity contribution in [2.75, 3.05) is 26.7 Å². The van der Waals surface area contributed by atoms with Crippen molar-refractivity contribution in [2.45, 2.75) is 52.6 Å². The monoisotopic (exact) mass is 374 g/mol. The Hall–Kier alpha value is -2.24. The van der Waals surface area contributed by atoms with Crippen molar-refractivity contribution in [3.05, 3.63) is 29.8 Å². The zero-order valence-electron chi connectivity index (χ0n) is 17.1. The fourth-order valence-electron chi connectivity index (χ4n) is 3.09. The van der Waals surface area contributed by atoms with Gasteiger partial charge in [-0.15, -0.1) is 0 Å². The molecule has 1 unspecified atom stereocenters. The number of ether oxygens (including phenoxy) is 1. The number of nitrogens with one attached hydrogen (secondary N) is 2. The Balaban J connectivity index is 1.85. The standard InChI is InChI=1S/C21H34N4O2/c1-5-20(26)25-12-10-18(15-25)24-21(22-4)23-14-17-8-6-7-9-19(17)27-13-11-16(2)3/h6-9,16,18H,5,10-15H2,1-4H3,(H2,22,23,24). The van der Waals surface area contributed by atoms with Crippen molar-refractivity contribution in [3.8, 4) is 5.75 Å². The molecule has 6 nitrogen and oxygen atoms in total. The molecule has 1 amide bonds. The molecular weight excluding hydrogens is 340 g/mol. The number of benzene rings is 1. The highest BCUT2D eigenvalue weighted by atomic mass is 16.5. The van der Waals surface area contributed by atoms with Crippen LogP contribution in [0.4, 0.5) is 0 Å². The van der Waals surface area contributed by atoms with E-state index in [-0.39, 0.29) is 11.9 Å². The maximum Gasteiger partial charge on any atom is 0.222 e. The van der Waals surface area contributed by atoms with E-state index < -0.39 is 0 Å². The molecule has 150 valence electrons. The van der Waals surface area contributed by atoms with E-state index in [1.165, 1.54) is 0 Å². The van der Waals surface area contributed by atoms with Crippen LogP contribution >= 0.6 is 0 Å². The molecule has 1 aromatic carbocycles. The molecular formula is C21H34N4O2. The molecule has 6 heteroatoms. The minimum Gasteiger partial charge on any atom is -0.493 e. The molecule has 0 bridgehead atoms. The minimum absolute atomic E-state index is 0.217. The second-order valence-corrected chi connectivity index (χ2v) is 7.39. The molecule has 1 heterocycles. The number of guanidine groups is 1. The highest BCUT2D eigenvalue weighted by Crippen LogP contribution is 2.18. The van der Waals surface area contributed by atoms with Crippen LogP contribution in [-0.2, 0) is 11.3 Å². The Morgan fingerprint density at radius 2 is 2.15 bits per heavy atom. The molecule has 0 saturated carbocycles. The summed E-state index contributed by atoms with van der Waals surface area (Å²) >= 11 is 0. The maximum absolute atomic E-state index is 11.8. The van der Waals surface area contributed by atoms with Crippen molar-refractivity contribution in [1.29, 1.82) is 0 Å². The molecule has 2 N–H and O–H groups in total. The molecule has 0 aromatic heterocycles. The smallest absolute Gasteiger partial charge is 0.222 e. The Kier molecular flexibility index (Phi) is 8.43. The van der Waals surface area contributed by atoms with Gasteiger partial charge in [-0.05, 0) is 24.8 Å². The van der Waals surface area contributed by atoms with E-state index >= 15 is 0 Å². The third-order valence-corrected chi connectivity index (χ3v) is 4.78. The third-order valence-electron chi connectivity index (χ3n) is 4.78. The average molecular weight is 375 g/mol. The number of hydrogen-bond acceptors (Lipinski definition) is 3. The number of likely N-dealkylation sites (tertiary alicyclic amines) is 1. The average Bonchev–Trinajstić information content (AvgIpc) is 3.13. The molecule has 2 rings (SSSR count). The third kappa shape index (κ3) is 6.77. The molecule has 1 fully saturated rings. The van der Waals surface area contributed by atoms with E-state index in [0.717, 1.165) is 49.8 Å². The molecule has 0 aliphatic carbocycles. The Labute approximate surface area is 163 Å². The van der Waals surface area contributed by atoms with Gasteiger partial charge in [-0.25, -0.2) is 0 Å². The van der Waals surface area contributed by atoms with Crippen LogP contribution in [0.5, 0.6) is 5.75 Å². The summed E-state index contributed by atoms with van der Waals surface area (Å²) in [5.41, 5.74) is 1.11. The number of para-hydroxylation sites is 1. The summed E-state index contributed by atoms with van der Waals surface area (Å²) in [5.74, 6) is 2.52. The first-order valence-electron chi connectivity index (χ1n) is 9.99. The second-order valence-electron chi connectivity index (χ2n) is 7.39. The summed E-state index contributed by atoms with van der Waals surface area (Å²) < 4.78 is 5.96. The van der Waals surface area contributed by atoms with Gasteiger partial charge in [-0.3, -0.25) is 9.79 Å². The number of nitrogens with zero attached hydrogens (tertiary/aromatic N) is 2. The van der Waals surface area contributed by atoms with Crippen LogP contribution in [0.3, 0.4) is 0 Å². The van der Waals surface area contributed by atoms with E-state index in [0.29, 0.717) is 18.9 Å². The van der Waals surface area contributed by atoms with Gasteiger partial charge < -0.3 is 20.3 Å². The van der Waals surface area contributed by atoms with Crippen molar-refractivity contribution < 1.29 is 9.53 Å². The van der Waals surface area contributed by atoms with Crippen LogP contribution in [0.15, 0.2) is 29.3 Å². The lowest BCUT2D eigenvalue weighted by molar-refractivity contribution is -0.129. The van der Waals surface area contributed by atoms with E-state index in [4.69, 9.17) is 4.74 Å². The van der Waals surface area contributed by atoms with Crippen LogP contribution in [-0.4, -0.2) is 49.6 Å². The number of aliphatic imine (C=N–C) groups is 1. The Morgan fingerprint density at radius 3 is 2.85 bits per heavy atom. The van der Waals surface area contributed by atoms with Gasteiger partial charge in [-0.2, -0.15) is 0 Å². The van der Waals surface area contributed by atoms with Crippen LogP contribution in [0.25, 0.3) is 0 Å². The summed E-state index contributed by atoms with van der Waals surface area (Å²) in [7, 11) is 1.77. The lowest BCUT2D eigenvalue weighted by atomic mass is 10.1. The number of carbonyl (C=O) groups excluding carboxylic acids is 1. The molecule has 0 spiro atoms. The van der Waals surface area contributed by atoms with Gasteiger partial charge >= 0.3 is 0 Å². The molecule has 1 aliphatic rings. The topological polar surface area (TPSA) is 66.0 Å². The summed E-state index contributed by atoms with van der Waals surface area (Å²) in [6.07, 6.45) is 2.55. The normalized spacial score (nSPS) is 17.3. The fourth-order valence-corrected chi connectivity index (χ4v) is 3.09. The first kappa shape index (κ1) is 21.1. The van der Waals surface area contributed by atoms with Crippen molar-refractivity contribution in [2.24, 2.45) is 10.9 Å². The lowest BCUT2D eigenvalue weighted by Crippen LogP contribution is -2.44. The summed E-state index contributed by atoms with van der Waals surface area (Å²) in [6, 6.07) is 8.34. The SMILES string of the molecule is CCC(=O)N1CCC(NC(=NC)NCc2ccccc2OCCC(C)C)C1. The zero-order valence-corrected chi connectivity index (χ0v) is 17.1. The Bertz CT molecular complexity index is 630.